The summed E-state index contributed by atoms with van der Waals surface area (Å²) in [5.74, 6) is -1.16. The molecule has 0 saturated carbocycles. The second kappa shape index (κ2) is 6.01. The Morgan fingerprint density at radius 1 is 1.50 bits per heavy atom. The van der Waals surface area contributed by atoms with E-state index in [-0.39, 0.29) is 6.04 Å². The lowest BCUT2D eigenvalue weighted by Gasteiger charge is -2.29. The summed E-state index contributed by atoms with van der Waals surface area (Å²) in [6.45, 7) is 10.5. The molecule has 0 radical (unpaired) electrons. The van der Waals surface area contributed by atoms with Crippen LogP contribution in [0.3, 0.4) is 0 Å². The molecule has 2 atom stereocenters. The molecule has 0 aromatic carbocycles. The first-order valence-electron chi connectivity index (χ1n) is 5.81. The van der Waals surface area contributed by atoms with Crippen molar-refractivity contribution in [3.63, 3.8) is 0 Å². The van der Waals surface area contributed by atoms with Crippen LogP contribution in [0.25, 0.3) is 0 Å². The molecule has 0 spiro atoms. The van der Waals surface area contributed by atoms with Crippen LogP contribution in [0.1, 0.15) is 20.3 Å². The molecule has 2 unspecified atom stereocenters. The van der Waals surface area contributed by atoms with Gasteiger partial charge in [-0.05, 0) is 13.0 Å². The maximum atomic E-state index is 11.1. The maximum Gasteiger partial charge on any atom is 0.310 e. The Hall–Kier alpha value is -0.870. The first kappa shape index (κ1) is 13.2. The van der Waals surface area contributed by atoms with E-state index >= 15 is 0 Å². The monoisotopic (exact) mass is 227 g/mol. The summed E-state index contributed by atoms with van der Waals surface area (Å²) >= 11 is 0. The van der Waals surface area contributed by atoms with E-state index in [9.17, 15) is 4.79 Å². The minimum atomic E-state index is -0.761. The molecule has 1 fully saturated rings. The van der Waals surface area contributed by atoms with Crippen molar-refractivity contribution in [2.24, 2.45) is 5.92 Å². The van der Waals surface area contributed by atoms with E-state index < -0.39 is 11.9 Å². The predicted molar refractivity (Wildman–Crippen MR) is 62.4 cm³/mol. The molecule has 1 rings (SSSR count). The molecule has 1 heterocycles. The first-order valence-corrected chi connectivity index (χ1v) is 5.81. The van der Waals surface area contributed by atoms with Crippen LogP contribution in [-0.4, -0.2) is 48.3 Å². The highest BCUT2D eigenvalue weighted by molar-refractivity contribution is 5.71. The standard InChI is InChI=1S/C12H21NO3/c1-4-9(3)6-13(5-2)11-8-16-7-10(11)12(14)15/h10-11H,3-8H2,1-2H3,(H,14,15). The average Bonchev–Trinajstić information content (AvgIpc) is 2.74. The van der Waals surface area contributed by atoms with Crippen LogP contribution in [0.15, 0.2) is 12.2 Å². The number of carboxylic acid groups (broad SMARTS) is 1. The van der Waals surface area contributed by atoms with E-state index in [2.05, 4.69) is 18.4 Å². The topological polar surface area (TPSA) is 49.8 Å². The second-order valence-corrected chi connectivity index (χ2v) is 4.22. The number of nitrogens with zero attached hydrogens (tertiary/aromatic N) is 1. The van der Waals surface area contributed by atoms with Gasteiger partial charge >= 0.3 is 5.97 Å². The predicted octanol–water partition coefficient (Wildman–Crippen LogP) is 1.37. The third kappa shape index (κ3) is 3.06. The molecule has 1 saturated heterocycles. The number of rotatable bonds is 6. The molecular formula is C12H21NO3. The summed E-state index contributed by atoms with van der Waals surface area (Å²) in [5, 5.41) is 9.09. The van der Waals surface area contributed by atoms with E-state index in [1.807, 2.05) is 6.92 Å². The van der Waals surface area contributed by atoms with Crippen LogP contribution in [0.5, 0.6) is 0 Å². The highest BCUT2D eigenvalue weighted by Gasteiger charge is 2.37. The van der Waals surface area contributed by atoms with Crippen molar-refractivity contribution in [2.45, 2.75) is 26.3 Å². The molecule has 1 N–H and O–H groups in total. The number of aliphatic carboxylic acids is 1. The normalized spacial score (nSPS) is 24.9. The van der Waals surface area contributed by atoms with Gasteiger partial charge in [0.1, 0.15) is 0 Å². The van der Waals surface area contributed by atoms with Gasteiger partial charge in [-0.15, -0.1) is 0 Å². The summed E-state index contributed by atoms with van der Waals surface area (Å²) in [7, 11) is 0. The minimum Gasteiger partial charge on any atom is -0.481 e. The summed E-state index contributed by atoms with van der Waals surface area (Å²) < 4.78 is 5.28. The van der Waals surface area contributed by atoms with Gasteiger partial charge in [0.15, 0.2) is 0 Å². The number of ether oxygens (including phenoxy) is 1. The highest BCUT2D eigenvalue weighted by Crippen LogP contribution is 2.21. The van der Waals surface area contributed by atoms with Gasteiger partial charge in [-0.1, -0.05) is 26.0 Å². The smallest absolute Gasteiger partial charge is 0.310 e. The fourth-order valence-electron chi connectivity index (χ4n) is 2.00. The molecule has 4 nitrogen and oxygen atoms in total. The Balaban J connectivity index is 2.64. The number of carboxylic acids is 1. The molecule has 16 heavy (non-hydrogen) atoms. The Morgan fingerprint density at radius 3 is 2.69 bits per heavy atom. The summed E-state index contributed by atoms with van der Waals surface area (Å²) in [6.07, 6.45) is 0.932. The summed E-state index contributed by atoms with van der Waals surface area (Å²) in [5.41, 5.74) is 1.14. The minimum absolute atomic E-state index is 0.00852. The molecule has 1 aliphatic rings. The van der Waals surface area contributed by atoms with Crippen molar-refractivity contribution in [1.29, 1.82) is 0 Å². The highest BCUT2D eigenvalue weighted by atomic mass is 16.5. The van der Waals surface area contributed by atoms with Crippen LogP contribution in [0, 0.1) is 5.92 Å². The van der Waals surface area contributed by atoms with E-state index in [1.165, 1.54) is 0 Å². The van der Waals surface area contributed by atoms with E-state index in [1.54, 1.807) is 0 Å². The van der Waals surface area contributed by atoms with Crippen LogP contribution in [-0.2, 0) is 9.53 Å². The fraction of sp³-hybridized carbons (Fsp3) is 0.750. The van der Waals surface area contributed by atoms with E-state index in [0.717, 1.165) is 25.1 Å². The molecule has 0 aromatic heterocycles. The van der Waals surface area contributed by atoms with Gasteiger partial charge in [0.05, 0.1) is 19.1 Å². The second-order valence-electron chi connectivity index (χ2n) is 4.22. The first-order chi connectivity index (χ1) is 7.60. The Labute approximate surface area is 96.9 Å². The lowest BCUT2D eigenvalue weighted by Crippen LogP contribution is -2.43. The van der Waals surface area contributed by atoms with E-state index in [0.29, 0.717) is 13.2 Å². The van der Waals surface area contributed by atoms with Gasteiger partial charge in [0, 0.05) is 12.6 Å². The quantitative estimate of drug-likeness (QED) is 0.696. The lowest BCUT2D eigenvalue weighted by atomic mass is 10.0. The SMILES string of the molecule is C=C(CC)CN(CC)C1COCC1C(=O)O. The number of hydrogen-bond donors (Lipinski definition) is 1. The molecule has 92 valence electrons. The molecule has 0 aromatic rings. The molecule has 0 amide bonds. The van der Waals surface area contributed by atoms with Crippen molar-refractivity contribution in [3.8, 4) is 0 Å². The lowest BCUT2D eigenvalue weighted by molar-refractivity contribution is -0.143. The number of carbonyl (C=O) groups is 1. The van der Waals surface area contributed by atoms with Crippen molar-refractivity contribution < 1.29 is 14.6 Å². The zero-order valence-corrected chi connectivity index (χ0v) is 10.1. The molecular weight excluding hydrogens is 206 g/mol. The number of likely N-dealkylation sites (N-methyl/N-ethyl adjacent to an activating group) is 1. The van der Waals surface area contributed by atoms with Gasteiger partial charge in [0.25, 0.3) is 0 Å². The van der Waals surface area contributed by atoms with Crippen molar-refractivity contribution in [2.75, 3.05) is 26.3 Å². The maximum absolute atomic E-state index is 11.1. The molecule has 4 heteroatoms. The Bertz CT molecular complexity index is 265. The van der Waals surface area contributed by atoms with Gasteiger partial charge < -0.3 is 9.84 Å². The van der Waals surface area contributed by atoms with Crippen molar-refractivity contribution in [1.82, 2.24) is 4.90 Å². The van der Waals surface area contributed by atoms with Crippen molar-refractivity contribution >= 4 is 5.97 Å². The third-order valence-electron chi connectivity index (χ3n) is 3.17. The molecule has 1 aliphatic heterocycles. The molecule has 0 bridgehead atoms. The zero-order chi connectivity index (χ0) is 12.1. The fourth-order valence-corrected chi connectivity index (χ4v) is 2.00. The Morgan fingerprint density at radius 2 is 2.19 bits per heavy atom. The molecule has 0 aliphatic carbocycles. The van der Waals surface area contributed by atoms with Gasteiger partial charge in [0.2, 0.25) is 0 Å². The van der Waals surface area contributed by atoms with E-state index in [4.69, 9.17) is 9.84 Å². The number of hydrogen-bond acceptors (Lipinski definition) is 3. The van der Waals surface area contributed by atoms with Gasteiger partial charge in [-0.2, -0.15) is 0 Å². The summed E-state index contributed by atoms with van der Waals surface area (Å²) in [4.78, 5) is 13.2. The van der Waals surface area contributed by atoms with Gasteiger partial charge in [-0.3, -0.25) is 9.69 Å². The van der Waals surface area contributed by atoms with Crippen molar-refractivity contribution in [3.05, 3.63) is 12.2 Å². The van der Waals surface area contributed by atoms with Crippen LogP contribution in [0.2, 0.25) is 0 Å². The average molecular weight is 227 g/mol. The third-order valence-corrected chi connectivity index (χ3v) is 3.17. The van der Waals surface area contributed by atoms with Crippen LogP contribution >= 0.6 is 0 Å². The summed E-state index contributed by atoms with van der Waals surface area (Å²) in [6, 6.07) is -0.00852. The zero-order valence-electron chi connectivity index (χ0n) is 10.1. The van der Waals surface area contributed by atoms with Gasteiger partial charge in [-0.25, -0.2) is 0 Å². The van der Waals surface area contributed by atoms with Crippen LogP contribution < -0.4 is 0 Å². The van der Waals surface area contributed by atoms with Crippen LogP contribution in [0.4, 0.5) is 0 Å². The largest absolute Gasteiger partial charge is 0.481 e. The Kier molecular flexibility index (Phi) is 4.96.